The number of fused-ring (bicyclic) bond motifs is 6. The molecule has 1 atom stereocenters. The van der Waals surface area contributed by atoms with Gasteiger partial charge in [0.25, 0.3) is 5.91 Å². The van der Waals surface area contributed by atoms with Crippen molar-refractivity contribution in [3.05, 3.63) is 113 Å². The van der Waals surface area contributed by atoms with Crippen molar-refractivity contribution in [3.63, 3.8) is 0 Å². The van der Waals surface area contributed by atoms with Gasteiger partial charge in [0.05, 0.1) is 29.3 Å². The highest BCUT2D eigenvalue weighted by atomic mass is 35.5. The highest BCUT2D eigenvalue weighted by Crippen LogP contribution is 2.51. The fourth-order valence-corrected chi connectivity index (χ4v) is 4.89. The highest BCUT2D eigenvalue weighted by molar-refractivity contribution is 6.31. The molecule has 1 N–H and O–H groups in total. The Morgan fingerprint density at radius 3 is 2.53 bits per heavy atom. The normalized spacial score (nSPS) is 18.7. The van der Waals surface area contributed by atoms with Gasteiger partial charge in [0.2, 0.25) is 0 Å². The van der Waals surface area contributed by atoms with E-state index in [-0.39, 0.29) is 5.91 Å². The van der Waals surface area contributed by atoms with E-state index in [1.165, 1.54) is 0 Å². The summed E-state index contributed by atoms with van der Waals surface area (Å²) in [5.74, 6) is -0.00178. The van der Waals surface area contributed by atoms with Crippen LogP contribution in [0.25, 0.3) is 5.69 Å². The Morgan fingerprint density at radius 2 is 1.67 bits per heavy atom. The number of hydrogen-bond acceptors (Lipinski definition) is 2. The molecule has 1 amide bonds. The zero-order valence-electron chi connectivity index (χ0n) is 16.0. The van der Waals surface area contributed by atoms with Gasteiger partial charge in [-0.05, 0) is 48.0 Å². The minimum absolute atomic E-state index is 0.00178. The first kappa shape index (κ1) is 17.4. The molecule has 30 heavy (non-hydrogen) atoms. The number of nitrogens with zero attached hydrogens (tertiary/aromatic N) is 2. The Labute approximate surface area is 179 Å². The van der Waals surface area contributed by atoms with Gasteiger partial charge in [-0.15, -0.1) is 0 Å². The number of aromatic nitrogens is 1. The molecule has 4 aromatic rings. The molecule has 3 aromatic carbocycles. The van der Waals surface area contributed by atoms with Crippen molar-refractivity contribution in [1.82, 2.24) is 4.57 Å². The maximum atomic E-state index is 14.1. The molecule has 0 aliphatic carbocycles. The molecule has 0 saturated carbocycles. The number of benzene rings is 3. The summed E-state index contributed by atoms with van der Waals surface area (Å²) in [4.78, 5) is 16.0. The van der Waals surface area contributed by atoms with Gasteiger partial charge >= 0.3 is 0 Å². The van der Waals surface area contributed by atoms with Gasteiger partial charge < -0.3 is 14.8 Å². The van der Waals surface area contributed by atoms with E-state index in [1.807, 2.05) is 90.0 Å². The highest BCUT2D eigenvalue weighted by Gasteiger charge is 2.55. The predicted octanol–water partition coefficient (Wildman–Crippen LogP) is 5.35. The van der Waals surface area contributed by atoms with Gasteiger partial charge in [-0.25, -0.2) is 0 Å². The lowest BCUT2D eigenvalue weighted by Gasteiger charge is -2.37. The Kier molecular flexibility index (Phi) is 3.62. The third kappa shape index (κ3) is 2.25. The van der Waals surface area contributed by atoms with Crippen LogP contribution in [0.5, 0.6) is 0 Å². The van der Waals surface area contributed by atoms with E-state index in [4.69, 9.17) is 11.6 Å². The van der Waals surface area contributed by atoms with Crippen LogP contribution in [0.4, 0.5) is 11.4 Å². The molecule has 0 bridgehead atoms. The van der Waals surface area contributed by atoms with Crippen LogP contribution in [-0.2, 0) is 16.9 Å². The first-order chi connectivity index (χ1) is 14.7. The van der Waals surface area contributed by atoms with Crippen LogP contribution in [0.2, 0.25) is 5.02 Å². The lowest BCUT2D eigenvalue weighted by Crippen LogP contribution is -2.49. The predicted molar refractivity (Wildman–Crippen MR) is 119 cm³/mol. The summed E-state index contributed by atoms with van der Waals surface area (Å²) < 4.78 is 2.10. The number of hydrogen-bond donors (Lipinski definition) is 1. The second kappa shape index (κ2) is 6.25. The molecule has 146 valence electrons. The van der Waals surface area contributed by atoms with Crippen molar-refractivity contribution < 1.29 is 4.79 Å². The van der Waals surface area contributed by atoms with Crippen LogP contribution in [0.15, 0.2) is 91.1 Å². The molecule has 0 fully saturated rings. The van der Waals surface area contributed by atoms with Crippen LogP contribution < -0.4 is 10.2 Å². The van der Waals surface area contributed by atoms with E-state index >= 15 is 0 Å². The van der Waals surface area contributed by atoms with Crippen LogP contribution in [0.3, 0.4) is 0 Å². The molecular formula is C25H18ClN3O. The van der Waals surface area contributed by atoms with Crippen molar-refractivity contribution in [2.24, 2.45) is 0 Å². The number of amides is 1. The van der Waals surface area contributed by atoms with Gasteiger partial charge in [0, 0.05) is 16.8 Å². The molecule has 3 heterocycles. The van der Waals surface area contributed by atoms with E-state index < -0.39 is 5.54 Å². The molecule has 5 heteroatoms. The first-order valence-electron chi connectivity index (χ1n) is 9.90. The second-order valence-electron chi connectivity index (χ2n) is 7.69. The molecule has 1 aromatic heterocycles. The van der Waals surface area contributed by atoms with Crippen molar-refractivity contribution in [2.45, 2.75) is 12.1 Å². The number of anilines is 2. The molecular weight excluding hydrogens is 394 g/mol. The van der Waals surface area contributed by atoms with Crippen molar-refractivity contribution in [1.29, 1.82) is 0 Å². The quantitative estimate of drug-likeness (QED) is 0.483. The summed E-state index contributed by atoms with van der Waals surface area (Å²) in [7, 11) is 0. The minimum Gasteiger partial charge on any atom is -0.361 e. The monoisotopic (exact) mass is 411 g/mol. The summed E-state index contributed by atoms with van der Waals surface area (Å²) >= 11 is 6.42. The summed E-state index contributed by atoms with van der Waals surface area (Å²) in [6.45, 7) is 0.500. The Bertz CT molecular complexity index is 1300. The molecule has 0 radical (unpaired) electrons. The van der Waals surface area contributed by atoms with Crippen LogP contribution in [-0.4, -0.2) is 10.5 Å². The van der Waals surface area contributed by atoms with E-state index in [2.05, 4.69) is 16.0 Å². The number of halogens is 1. The summed E-state index contributed by atoms with van der Waals surface area (Å²) in [6.07, 6.45) is 2.01. The lowest BCUT2D eigenvalue weighted by atomic mass is 9.85. The molecule has 2 aliphatic heterocycles. The van der Waals surface area contributed by atoms with Crippen molar-refractivity contribution in [2.75, 3.05) is 10.2 Å². The van der Waals surface area contributed by atoms with Crippen LogP contribution in [0, 0.1) is 0 Å². The molecule has 4 nitrogen and oxygen atoms in total. The molecule has 1 unspecified atom stereocenters. The first-order valence-corrected chi connectivity index (χ1v) is 10.3. The van der Waals surface area contributed by atoms with Gasteiger partial charge in [0.15, 0.2) is 5.54 Å². The zero-order chi connectivity index (χ0) is 20.3. The Hall–Kier alpha value is -3.50. The minimum atomic E-state index is -1.02. The topological polar surface area (TPSA) is 37.3 Å². The van der Waals surface area contributed by atoms with E-state index in [1.54, 1.807) is 0 Å². The number of nitrogens with one attached hydrogen (secondary N) is 1. The summed E-state index contributed by atoms with van der Waals surface area (Å²) in [6, 6.07) is 27.8. The standard InChI is InChI=1S/C25H18ClN3O/c26-18-12-13-21-19(15-18)25(24(30)29(21)16-17-7-2-1-3-8-17)23-11-6-14-28(23)22-10-5-4-9-20(22)27-25/h1-15,27H,16H2. The molecule has 1 spiro atoms. The molecule has 6 rings (SSSR count). The number of rotatable bonds is 2. The van der Waals surface area contributed by atoms with Gasteiger partial charge in [-0.1, -0.05) is 54.1 Å². The summed E-state index contributed by atoms with van der Waals surface area (Å²) in [5, 5.41) is 4.21. The fraction of sp³-hybridized carbons (Fsp3) is 0.0800. The smallest absolute Gasteiger partial charge is 0.264 e. The largest absolute Gasteiger partial charge is 0.361 e. The van der Waals surface area contributed by atoms with E-state index in [9.17, 15) is 4.79 Å². The Morgan fingerprint density at radius 1 is 0.867 bits per heavy atom. The van der Waals surface area contributed by atoms with Crippen LogP contribution >= 0.6 is 11.6 Å². The average molecular weight is 412 g/mol. The van der Waals surface area contributed by atoms with Crippen molar-refractivity contribution >= 4 is 28.9 Å². The lowest BCUT2D eigenvalue weighted by molar-refractivity contribution is -0.121. The third-order valence-electron chi connectivity index (χ3n) is 6.02. The maximum absolute atomic E-state index is 14.1. The van der Waals surface area contributed by atoms with E-state index in [0.29, 0.717) is 11.6 Å². The fourth-order valence-electron chi connectivity index (χ4n) is 4.71. The zero-order valence-corrected chi connectivity index (χ0v) is 16.8. The second-order valence-corrected chi connectivity index (χ2v) is 8.13. The Balaban J connectivity index is 1.59. The van der Waals surface area contributed by atoms with Crippen LogP contribution in [0.1, 0.15) is 16.8 Å². The number of carbonyl (C=O) groups is 1. The van der Waals surface area contributed by atoms with Gasteiger partial charge in [-0.2, -0.15) is 0 Å². The maximum Gasteiger partial charge on any atom is 0.264 e. The van der Waals surface area contributed by atoms with Gasteiger partial charge in [0.1, 0.15) is 0 Å². The molecule has 2 aliphatic rings. The summed E-state index contributed by atoms with van der Waals surface area (Å²) in [5.41, 5.74) is 4.66. The number of carbonyl (C=O) groups excluding carboxylic acids is 1. The third-order valence-corrected chi connectivity index (χ3v) is 6.26. The number of para-hydroxylation sites is 2. The average Bonchev–Trinajstić information content (AvgIpc) is 3.35. The van der Waals surface area contributed by atoms with Crippen molar-refractivity contribution in [3.8, 4) is 5.69 Å². The van der Waals surface area contributed by atoms with Gasteiger partial charge in [-0.3, -0.25) is 4.79 Å². The molecule has 0 saturated heterocycles. The SMILES string of the molecule is O=C1N(Cc2ccccc2)c2ccc(Cl)cc2C12Nc1ccccc1-n1cccc12. The van der Waals surface area contributed by atoms with E-state index in [0.717, 1.165) is 33.9 Å².